The first kappa shape index (κ1) is 15.5. The first-order chi connectivity index (χ1) is 9.97. The lowest BCUT2D eigenvalue weighted by Gasteiger charge is -2.16. The summed E-state index contributed by atoms with van der Waals surface area (Å²) in [5, 5.41) is 14.8. The maximum absolute atomic E-state index is 12.1. The van der Waals surface area contributed by atoms with Gasteiger partial charge in [-0.1, -0.05) is 32.0 Å². The van der Waals surface area contributed by atoms with E-state index in [1.54, 1.807) is 11.3 Å². The lowest BCUT2D eigenvalue weighted by atomic mass is 10.0. The van der Waals surface area contributed by atoms with Crippen LogP contribution in [0.2, 0.25) is 0 Å². The van der Waals surface area contributed by atoms with Crippen molar-refractivity contribution >= 4 is 33.3 Å². The van der Waals surface area contributed by atoms with Gasteiger partial charge in [0, 0.05) is 4.70 Å². The molecule has 0 aliphatic carbocycles. The maximum Gasteiger partial charge on any atom is 0.326 e. The van der Waals surface area contributed by atoms with E-state index in [4.69, 9.17) is 5.11 Å². The van der Waals surface area contributed by atoms with E-state index < -0.39 is 12.0 Å². The Bertz CT molecular complexity index is 648. The average molecular weight is 305 g/mol. The van der Waals surface area contributed by atoms with Gasteiger partial charge in [0.1, 0.15) is 6.04 Å². The molecule has 0 radical (unpaired) electrons. The highest BCUT2D eigenvalue weighted by atomic mass is 32.1. The number of thiophene rings is 1. The number of carboxylic acid groups (broad SMARTS) is 1. The molecule has 0 bridgehead atoms. The molecule has 0 saturated heterocycles. The van der Waals surface area contributed by atoms with Crippen LogP contribution in [0.15, 0.2) is 29.6 Å². The van der Waals surface area contributed by atoms with E-state index >= 15 is 0 Å². The molecule has 2 N–H and O–H groups in total. The minimum Gasteiger partial charge on any atom is -0.480 e. The van der Waals surface area contributed by atoms with Crippen LogP contribution in [0, 0.1) is 5.92 Å². The van der Waals surface area contributed by atoms with E-state index in [2.05, 4.69) is 5.32 Å². The number of benzene rings is 1. The van der Waals surface area contributed by atoms with Crippen molar-refractivity contribution in [2.24, 2.45) is 5.92 Å². The molecule has 1 aromatic carbocycles. The number of fused-ring (bicyclic) bond motifs is 1. The number of nitrogens with one attached hydrogen (secondary N) is 1. The fourth-order valence-corrected chi connectivity index (χ4v) is 3.24. The molecule has 0 spiro atoms. The lowest BCUT2D eigenvalue weighted by molar-refractivity contribution is -0.142. The number of hydrogen-bond acceptors (Lipinski definition) is 3. The number of rotatable bonds is 6. The Balaban J connectivity index is 2.05. The summed E-state index contributed by atoms with van der Waals surface area (Å²) in [4.78, 5) is 23.3. The standard InChI is InChI=1S/C16H19NO3S/c1-10(2)7-13(16(19)20)17-15(18)8-11-9-21-14-6-4-3-5-12(11)14/h3-6,9-10,13H,7-8H2,1-2H3,(H,17,18)(H,19,20)/t13-/m1/s1. The van der Waals surface area contributed by atoms with Crippen LogP contribution in [0.5, 0.6) is 0 Å². The first-order valence-corrected chi connectivity index (χ1v) is 7.82. The normalized spacial score (nSPS) is 12.5. The Labute approximate surface area is 127 Å². The fourth-order valence-electron chi connectivity index (χ4n) is 2.28. The quantitative estimate of drug-likeness (QED) is 0.862. The lowest BCUT2D eigenvalue weighted by Crippen LogP contribution is -2.42. The van der Waals surface area contributed by atoms with Crippen LogP contribution < -0.4 is 5.32 Å². The van der Waals surface area contributed by atoms with Crippen molar-refractivity contribution < 1.29 is 14.7 Å². The summed E-state index contributed by atoms with van der Waals surface area (Å²) in [5.41, 5.74) is 0.946. The third kappa shape index (κ3) is 4.04. The van der Waals surface area contributed by atoms with Crippen molar-refractivity contribution in [2.45, 2.75) is 32.7 Å². The predicted octanol–water partition coefficient (Wildman–Crippen LogP) is 3.06. The summed E-state index contributed by atoms with van der Waals surface area (Å²) in [6, 6.07) is 7.08. The summed E-state index contributed by atoms with van der Waals surface area (Å²) >= 11 is 1.60. The number of aliphatic carboxylic acids is 1. The van der Waals surface area contributed by atoms with E-state index in [-0.39, 0.29) is 18.2 Å². The van der Waals surface area contributed by atoms with Gasteiger partial charge in [0.05, 0.1) is 6.42 Å². The zero-order valence-electron chi connectivity index (χ0n) is 12.1. The summed E-state index contributed by atoms with van der Waals surface area (Å²) in [7, 11) is 0. The molecule has 5 heteroatoms. The molecule has 21 heavy (non-hydrogen) atoms. The molecule has 1 atom stereocenters. The Morgan fingerprint density at radius 2 is 2.00 bits per heavy atom. The Morgan fingerprint density at radius 1 is 1.29 bits per heavy atom. The Hall–Kier alpha value is -1.88. The van der Waals surface area contributed by atoms with Crippen LogP contribution in [-0.4, -0.2) is 23.0 Å². The van der Waals surface area contributed by atoms with E-state index in [0.717, 1.165) is 15.6 Å². The summed E-state index contributed by atoms with van der Waals surface area (Å²) in [5.74, 6) is -1.01. The first-order valence-electron chi connectivity index (χ1n) is 6.94. The molecule has 1 heterocycles. The molecule has 0 aliphatic heterocycles. The van der Waals surface area contributed by atoms with Crippen molar-refractivity contribution in [1.82, 2.24) is 5.32 Å². The second-order valence-corrected chi connectivity index (χ2v) is 6.43. The van der Waals surface area contributed by atoms with Crippen molar-refractivity contribution in [3.05, 3.63) is 35.2 Å². The molecule has 1 aromatic heterocycles. The highest BCUT2D eigenvalue weighted by Crippen LogP contribution is 2.25. The molecule has 2 aromatic rings. The molecule has 0 aliphatic rings. The number of amides is 1. The zero-order chi connectivity index (χ0) is 15.4. The minimum absolute atomic E-state index is 0.214. The fraction of sp³-hybridized carbons (Fsp3) is 0.375. The van der Waals surface area contributed by atoms with E-state index in [0.29, 0.717) is 6.42 Å². The monoisotopic (exact) mass is 305 g/mol. The SMILES string of the molecule is CC(C)C[C@@H](NC(=O)Cc1csc2ccccc12)C(=O)O. The maximum atomic E-state index is 12.1. The largest absolute Gasteiger partial charge is 0.480 e. The molecule has 2 rings (SSSR count). The van der Waals surface area contributed by atoms with Crippen molar-refractivity contribution in [2.75, 3.05) is 0 Å². The third-order valence-electron chi connectivity index (χ3n) is 3.25. The molecule has 0 fully saturated rings. The van der Waals surface area contributed by atoms with Crippen molar-refractivity contribution in [1.29, 1.82) is 0 Å². The summed E-state index contributed by atoms with van der Waals surface area (Å²) in [6.45, 7) is 3.88. The van der Waals surface area contributed by atoms with Gasteiger partial charge in [0.25, 0.3) is 0 Å². The zero-order valence-corrected chi connectivity index (χ0v) is 12.9. The van der Waals surface area contributed by atoms with E-state index in [1.807, 2.05) is 43.5 Å². The molecule has 0 saturated carbocycles. The van der Waals surface area contributed by atoms with Gasteiger partial charge in [0.2, 0.25) is 5.91 Å². The third-order valence-corrected chi connectivity index (χ3v) is 4.26. The minimum atomic E-state index is -0.979. The van der Waals surface area contributed by atoms with E-state index in [9.17, 15) is 9.59 Å². The Kier molecular flexibility index (Phi) is 4.96. The topological polar surface area (TPSA) is 66.4 Å². The van der Waals surface area contributed by atoms with Crippen LogP contribution in [0.3, 0.4) is 0 Å². The van der Waals surface area contributed by atoms with Crippen LogP contribution in [-0.2, 0) is 16.0 Å². The van der Waals surface area contributed by atoms with Crippen LogP contribution >= 0.6 is 11.3 Å². The number of carbonyl (C=O) groups is 2. The molecule has 1 amide bonds. The highest BCUT2D eigenvalue weighted by Gasteiger charge is 2.21. The number of carboxylic acids is 1. The van der Waals surface area contributed by atoms with Gasteiger partial charge in [-0.15, -0.1) is 11.3 Å². The summed E-state index contributed by atoms with van der Waals surface area (Å²) < 4.78 is 1.14. The van der Waals surface area contributed by atoms with Gasteiger partial charge >= 0.3 is 5.97 Å². The average Bonchev–Trinajstić information content (AvgIpc) is 2.81. The van der Waals surface area contributed by atoms with Gasteiger partial charge in [-0.3, -0.25) is 4.79 Å². The summed E-state index contributed by atoms with van der Waals surface area (Å²) in [6.07, 6.45) is 0.650. The molecule has 0 unspecified atom stereocenters. The van der Waals surface area contributed by atoms with Crippen molar-refractivity contribution in [3.8, 4) is 0 Å². The van der Waals surface area contributed by atoms with Gasteiger partial charge in [-0.05, 0) is 34.7 Å². The second kappa shape index (κ2) is 6.72. The smallest absolute Gasteiger partial charge is 0.326 e. The molecular weight excluding hydrogens is 286 g/mol. The molecular formula is C16H19NO3S. The Morgan fingerprint density at radius 3 is 2.67 bits per heavy atom. The molecule has 112 valence electrons. The van der Waals surface area contributed by atoms with Crippen LogP contribution in [0.4, 0.5) is 0 Å². The molecule has 4 nitrogen and oxygen atoms in total. The van der Waals surface area contributed by atoms with Crippen LogP contribution in [0.25, 0.3) is 10.1 Å². The van der Waals surface area contributed by atoms with E-state index in [1.165, 1.54) is 0 Å². The van der Waals surface area contributed by atoms with Crippen LogP contribution in [0.1, 0.15) is 25.8 Å². The van der Waals surface area contributed by atoms with Gasteiger partial charge < -0.3 is 10.4 Å². The predicted molar refractivity (Wildman–Crippen MR) is 84.6 cm³/mol. The van der Waals surface area contributed by atoms with Gasteiger partial charge in [-0.25, -0.2) is 4.79 Å². The number of carbonyl (C=O) groups excluding carboxylic acids is 1. The second-order valence-electron chi connectivity index (χ2n) is 5.52. The van der Waals surface area contributed by atoms with Gasteiger partial charge in [-0.2, -0.15) is 0 Å². The van der Waals surface area contributed by atoms with Crippen molar-refractivity contribution in [3.63, 3.8) is 0 Å². The highest BCUT2D eigenvalue weighted by molar-refractivity contribution is 7.17. The number of hydrogen-bond donors (Lipinski definition) is 2. The van der Waals surface area contributed by atoms with Gasteiger partial charge in [0.15, 0.2) is 0 Å².